The molecule has 0 spiro atoms. The third-order valence-electron chi connectivity index (χ3n) is 3.02. The van der Waals surface area contributed by atoms with Crippen LogP contribution >= 0.6 is 11.8 Å². The molecule has 2 atom stereocenters. The van der Waals surface area contributed by atoms with Crippen LogP contribution in [-0.4, -0.2) is 47.6 Å². The lowest BCUT2D eigenvalue weighted by molar-refractivity contribution is -0.144. The number of ether oxygens (including phenoxy) is 1. The average molecular weight is 245 g/mol. The molecule has 0 N–H and O–H groups in total. The minimum Gasteiger partial charge on any atom is -0.466 e. The molecule has 1 heterocycles. The fourth-order valence-electron chi connectivity index (χ4n) is 1.98. The van der Waals surface area contributed by atoms with Crippen molar-refractivity contribution < 1.29 is 9.53 Å². The van der Waals surface area contributed by atoms with Gasteiger partial charge in [-0.25, -0.2) is 0 Å². The molecule has 1 aliphatic rings. The van der Waals surface area contributed by atoms with Crippen molar-refractivity contribution in [1.82, 2.24) is 4.90 Å². The van der Waals surface area contributed by atoms with E-state index in [2.05, 4.69) is 30.5 Å². The first-order chi connectivity index (χ1) is 7.67. The molecule has 0 radical (unpaired) electrons. The van der Waals surface area contributed by atoms with E-state index in [0.717, 1.165) is 18.3 Å². The minimum absolute atomic E-state index is 0.0683. The van der Waals surface area contributed by atoms with Gasteiger partial charge in [-0.05, 0) is 20.3 Å². The van der Waals surface area contributed by atoms with Crippen molar-refractivity contribution in [3.8, 4) is 0 Å². The van der Waals surface area contributed by atoms with Crippen LogP contribution in [0.5, 0.6) is 0 Å². The molecule has 0 amide bonds. The normalized spacial score (nSPS) is 24.1. The molecule has 0 saturated carbocycles. The van der Waals surface area contributed by atoms with Crippen LogP contribution in [0.15, 0.2) is 0 Å². The predicted octanol–water partition coefficient (Wildman–Crippen LogP) is 2.16. The summed E-state index contributed by atoms with van der Waals surface area (Å²) in [6.45, 7) is 8.91. The Labute approximate surface area is 103 Å². The number of thioether (sulfide) groups is 1. The summed E-state index contributed by atoms with van der Waals surface area (Å²) in [7, 11) is 0. The van der Waals surface area contributed by atoms with Crippen LogP contribution in [0.2, 0.25) is 0 Å². The van der Waals surface area contributed by atoms with Gasteiger partial charge in [-0.1, -0.05) is 6.92 Å². The van der Waals surface area contributed by atoms with Crippen LogP contribution < -0.4 is 0 Å². The first-order valence-electron chi connectivity index (χ1n) is 6.18. The molecule has 0 aromatic heterocycles. The molecule has 1 saturated heterocycles. The summed E-state index contributed by atoms with van der Waals surface area (Å²) < 4.78 is 4.99. The van der Waals surface area contributed by atoms with E-state index in [4.69, 9.17) is 4.74 Å². The molecule has 0 aliphatic carbocycles. The zero-order chi connectivity index (χ0) is 12.0. The number of esters is 1. The van der Waals surface area contributed by atoms with Crippen molar-refractivity contribution in [3.63, 3.8) is 0 Å². The van der Waals surface area contributed by atoms with Gasteiger partial charge >= 0.3 is 5.97 Å². The Hall–Kier alpha value is -0.220. The van der Waals surface area contributed by atoms with Crippen molar-refractivity contribution in [2.45, 2.75) is 44.9 Å². The predicted molar refractivity (Wildman–Crippen MR) is 68.8 cm³/mol. The number of rotatable bonds is 5. The van der Waals surface area contributed by atoms with Crippen molar-refractivity contribution in [2.75, 3.05) is 25.4 Å². The third kappa shape index (κ3) is 4.34. The highest BCUT2D eigenvalue weighted by Gasteiger charge is 2.24. The van der Waals surface area contributed by atoms with E-state index in [-0.39, 0.29) is 5.97 Å². The largest absolute Gasteiger partial charge is 0.466 e. The van der Waals surface area contributed by atoms with Crippen LogP contribution in [0.25, 0.3) is 0 Å². The van der Waals surface area contributed by atoms with Crippen molar-refractivity contribution >= 4 is 17.7 Å². The molecule has 1 rings (SSSR count). The fraction of sp³-hybridized carbons (Fsp3) is 0.917. The maximum absolute atomic E-state index is 11.4. The van der Waals surface area contributed by atoms with E-state index < -0.39 is 0 Å². The molecule has 1 aliphatic heterocycles. The van der Waals surface area contributed by atoms with Crippen molar-refractivity contribution in [3.05, 3.63) is 0 Å². The monoisotopic (exact) mass is 245 g/mol. The number of hydrogen-bond acceptors (Lipinski definition) is 4. The summed E-state index contributed by atoms with van der Waals surface area (Å²) >= 11 is 2.06. The molecule has 2 unspecified atom stereocenters. The minimum atomic E-state index is -0.0683. The zero-order valence-electron chi connectivity index (χ0n) is 10.6. The summed E-state index contributed by atoms with van der Waals surface area (Å²) in [5, 5.41) is 0.735. The fourth-order valence-corrected chi connectivity index (χ4v) is 3.19. The summed E-state index contributed by atoms with van der Waals surface area (Å²) in [5.74, 6) is 1.12. The van der Waals surface area contributed by atoms with Crippen LogP contribution in [0.1, 0.15) is 33.6 Å². The first kappa shape index (κ1) is 13.8. The smallest absolute Gasteiger partial charge is 0.307 e. The van der Waals surface area contributed by atoms with E-state index in [9.17, 15) is 4.79 Å². The Morgan fingerprint density at radius 3 is 2.94 bits per heavy atom. The van der Waals surface area contributed by atoms with Gasteiger partial charge in [-0.15, -0.1) is 0 Å². The highest BCUT2D eigenvalue weighted by molar-refractivity contribution is 8.00. The second-order valence-electron chi connectivity index (χ2n) is 4.25. The Balaban J connectivity index is 2.34. The Bertz CT molecular complexity index is 223. The molecule has 94 valence electrons. The van der Waals surface area contributed by atoms with E-state index in [1.54, 1.807) is 0 Å². The number of carbonyl (C=O) groups excluding carboxylic acids is 1. The lowest BCUT2D eigenvalue weighted by Crippen LogP contribution is -2.44. The standard InChI is InChI=1S/C12H23NO2S/c1-4-11-9-13(6-7-16-11)10(3)8-12(14)15-5-2/h10-11H,4-9H2,1-3H3. The van der Waals surface area contributed by atoms with Gasteiger partial charge < -0.3 is 4.74 Å². The molecule has 0 aromatic rings. The van der Waals surface area contributed by atoms with Crippen LogP contribution in [0.4, 0.5) is 0 Å². The lowest BCUT2D eigenvalue weighted by atomic mass is 10.2. The number of carbonyl (C=O) groups is 1. The van der Waals surface area contributed by atoms with Crippen LogP contribution in [0, 0.1) is 0 Å². The molecule has 16 heavy (non-hydrogen) atoms. The number of hydrogen-bond donors (Lipinski definition) is 0. The van der Waals surface area contributed by atoms with Gasteiger partial charge in [-0.3, -0.25) is 9.69 Å². The second kappa shape index (κ2) is 7.17. The quantitative estimate of drug-likeness (QED) is 0.694. The van der Waals surface area contributed by atoms with E-state index >= 15 is 0 Å². The first-order valence-corrected chi connectivity index (χ1v) is 7.23. The molecule has 1 fully saturated rings. The van der Waals surface area contributed by atoms with Gasteiger partial charge in [0, 0.05) is 30.1 Å². The number of nitrogens with zero attached hydrogens (tertiary/aromatic N) is 1. The summed E-state index contributed by atoms with van der Waals surface area (Å²) in [4.78, 5) is 13.8. The SMILES string of the molecule is CCOC(=O)CC(C)N1CCSC(CC)C1. The summed E-state index contributed by atoms with van der Waals surface area (Å²) in [6.07, 6.45) is 1.74. The molecular formula is C12H23NO2S. The van der Waals surface area contributed by atoms with Gasteiger partial charge in [0.2, 0.25) is 0 Å². The van der Waals surface area contributed by atoms with Crippen LogP contribution in [-0.2, 0) is 9.53 Å². The Morgan fingerprint density at radius 1 is 1.56 bits per heavy atom. The zero-order valence-corrected chi connectivity index (χ0v) is 11.4. The molecule has 0 aromatic carbocycles. The third-order valence-corrected chi connectivity index (χ3v) is 4.39. The van der Waals surface area contributed by atoms with Gasteiger partial charge in [0.05, 0.1) is 13.0 Å². The van der Waals surface area contributed by atoms with E-state index in [1.165, 1.54) is 12.2 Å². The highest BCUT2D eigenvalue weighted by atomic mass is 32.2. The summed E-state index contributed by atoms with van der Waals surface area (Å²) in [5.41, 5.74) is 0. The molecule has 4 heteroatoms. The van der Waals surface area contributed by atoms with Crippen molar-refractivity contribution in [2.24, 2.45) is 0 Å². The van der Waals surface area contributed by atoms with Gasteiger partial charge in [0.15, 0.2) is 0 Å². The topological polar surface area (TPSA) is 29.5 Å². The van der Waals surface area contributed by atoms with E-state index in [1.807, 2.05) is 6.92 Å². The maximum atomic E-state index is 11.4. The van der Waals surface area contributed by atoms with E-state index in [0.29, 0.717) is 19.1 Å². The maximum Gasteiger partial charge on any atom is 0.307 e. The Morgan fingerprint density at radius 2 is 2.31 bits per heavy atom. The highest BCUT2D eigenvalue weighted by Crippen LogP contribution is 2.23. The second-order valence-corrected chi connectivity index (χ2v) is 5.66. The van der Waals surface area contributed by atoms with Gasteiger partial charge in [0.1, 0.15) is 0 Å². The van der Waals surface area contributed by atoms with Gasteiger partial charge in [-0.2, -0.15) is 11.8 Å². The Kier molecular flexibility index (Phi) is 6.21. The summed E-state index contributed by atoms with van der Waals surface area (Å²) in [6, 6.07) is 0.314. The lowest BCUT2D eigenvalue weighted by Gasteiger charge is -2.35. The molecule has 3 nitrogen and oxygen atoms in total. The average Bonchev–Trinajstić information content (AvgIpc) is 2.29. The molecule has 0 bridgehead atoms. The van der Waals surface area contributed by atoms with Crippen LogP contribution in [0.3, 0.4) is 0 Å². The molecular weight excluding hydrogens is 222 g/mol. The van der Waals surface area contributed by atoms with Crippen molar-refractivity contribution in [1.29, 1.82) is 0 Å². The van der Waals surface area contributed by atoms with Gasteiger partial charge in [0.25, 0.3) is 0 Å².